The Labute approximate surface area is 121 Å². The molecule has 0 radical (unpaired) electrons. The van der Waals surface area contributed by atoms with Gasteiger partial charge in [0.25, 0.3) is 0 Å². The van der Waals surface area contributed by atoms with Crippen LogP contribution in [-0.4, -0.2) is 29.0 Å². The van der Waals surface area contributed by atoms with E-state index >= 15 is 0 Å². The molecule has 0 unspecified atom stereocenters. The van der Waals surface area contributed by atoms with Gasteiger partial charge < -0.3 is 10.9 Å². The summed E-state index contributed by atoms with van der Waals surface area (Å²) < 4.78 is 0. The Morgan fingerprint density at radius 2 is 1.85 bits per heavy atom. The lowest BCUT2D eigenvalue weighted by atomic mass is 9.86. The Bertz CT molecular complexity index is 447. The molecule has 0 heterocycles. The van der Waals surface area contributed by atoms with Crippen LogP contribution >= 0.6 is 0 Å². The summed E-state index contributed by atoms with van der Waals surface area (Å²) in [5.74, 6) is 1.05. The van der Waals surface area contributed by atoms with Crippen molar-refractivity contribution in [1.82, 2.24) is 4.90 Å². The summed E-state index contributed by atoms with van der Waals surface area (Å²) in [6, 6.07) is 8.61. The lowest BCUT2D eigenvalue weighted by Crippen LogP contribution is -2.34. The van der Waals surface area contributed by atoms with E-state index in [0.717, 1.165) is 18.0 Å². The van der Waals surface area contributed by atoms with Crippen LogP contribution in [0.1, 0.15) is 43.7 Å². The van der Waals surface area contributed by atoms with Crippen molar-refractivity contribution in [2.75, 3.05) is 7.05 Å². The van der Waals surface area contributed by atoms with Gasteiger partial charge in [0.05, 0.1) is 0 Å². The highest BCUT2D eigenvalue weighted by molar-refractivity contribution is 5.96. The van der Waals surface area contributed by atoms with Crippen molar-refractivity contribution in [2.24, 2.45) is 16.8 Å². The van der Waals surface area contributed by atoms with Crippen molar-refractivity contribution in [3.63, 3.8) is 0 Å². The van der Waals surface area contributed by atoms with Crippen LogP contribution in [-0.2, 0) is 6.54 Å². The van der Waals surface area contributed by atoms with E-state index in [4.69, 9.17) is 10.9 Å². The second-order valence-corrected chi connectivity index (χ2v) is 6.01. The van der Waals surface area contributed by atoms with Gasteiger partial charge in [0, 0.05) is 18.2 Å². The SMILES string of the molecule is CC1CCC(N(C)Cc2ccc(C(N)=NO)cc2)CC1. The molecule has 1 saturated carbocycles. The third kappa shape index (κ3) is 3.73. The zero-order valence-corrected chi connectivity index (χ0v) is 12.4. The molecular weight excluding hydrogens is 250 g/mol. The average Bonchev–Trinajstić information content (AvgIpc) is 2.48. The number of oxime groups is 1. The van der Waals surface area contributed by atoms with Gasteiger partial charge in [-0.2, -0.15) is 0 Å². The minimum atomic E-state index is 0.158. The zero-order valence-electron chi connectivity index (χ0n) is 12.4. The summed E-state index contributed by atoms with van der Waals surface area (Å²) in [6.07, 6.45) is 5.30. The van der Waals surface area contributed by atoms with Gasteiger partial charge in [0.1, 0.15) is 0 Å². The first kappa shape index (κ1) is 14.9. The lowest BCUT2D eigenvalue weighted by Gasteiger charge is -2.33. The first-order valence-electron chi connectivity index (χ1n) is 7.37. The second-order valence-electron chi connectivity index (χ2n) is 6.01. The van der Waals surface area contributed by atoms with Gasteiger partial charge in [-0.1, -0.05) is 36.3 Å². The van der Waals surface area contributed by atoms with Crippen LogP contribution < -0.4 is 5.73 Å². The highest BCUT2D eigenvalue weighted by Gasteiger charge is 2.21. The van der Waals surface area contributed by atoms with Crippen molar-refractivity contribution < 1.29 is 5.21 Å². The summed E-state index contributed by atoms with van der Waals surface area (Å²) in [5, 5.41) is 11.7. The van der Waals surface area contributed by atoms with Gasteiger partial charge in [-0.05, 0) is 44.2 Å². The van der Waals surface area contributed by atoms with Crippen molar-refractivity contribution in [1.29, 1.82) is 0 Å². The Kier molecular flexibility index (Phi) is 5.01. The summed E-state index contributed by atoms with van der Waals surface area (Å²) in [4.78, 5) is 2.45. The molecule has 20 heavy (non-hydrogen) atoms. The minimum Gasteiger partial charge on any atom is -0.409 e. The zero-order chi connectivity index (χ0) is 14.5. The van der Waals surface area contributed by atoms with Crippen LogP contribution in [0.3, 0.4) is 0 Å². The van der Waals surface area contributed by atoms with Gasteiger partial charge in [-0.15, -0.1) is 0 Å². The van der Waals surface area contributed by atoms with Gasteiger partial charge in [-0.25, -0.2) is 0 Å². The molecule has 4 heteroatoms. The van der Waals surface area contributed by atoms with Crippen molar-refractivity contribution in [3.8, 4) is 0 Å². The maximum absolute atomic E-state index is 8.65. The number of rotatable bonds is 4. The standard InChI is InChI=1S/C16H25N3O/c1-12-3-9-15(10-4-12)19(2)11-13-5-7-14(8-6-13)16(17)18-20/h5-8,12,15,20H,3-4,9-11H2,1-2H3,(H2,17,18). The summed E-state index contributed by atoms with van der Waals surface area (Å²) in [7, 11) is 2.21. The Hall–Kier alpha value is -1.55. The number of nitrogens with two attached hydrogens (primary N) is 1. The first-order chi connectivity index (χ1) is 9.60. The van der Waals surface area contributed by atoms with Crippen LogP contribution in [0.15, 0.2) is 29.4 Å². The summed E-state index contributed by atoms with van der Waals surface area (Å²) >= 11 is 0. The molecule has 1 aromatic rings. The first-order valence-corrected chi connectivity index (χ1v) is 7.37. The van der Waals surface area contributed by atoms with Crippen LogP contribution in [0.2, 0.25) is 0 Å². The number of benzene rings is 1. The van der Waals surface area contributed by atoms with E-state index in [1.165, 1.54) is 31.2 Å². The Morgan fingerprint density at radius 3 is 2.40 bits per heavy atom. The number of amidine groups is 1. The maximum Gasteiger partial charge on any atom is 0.170 e. The van der Waals surface area contributed by atoms with Crippen LogP contribution in [0, 0.1) is 5.92 Å². The molecule has 0 spiro atoms. The van der Waals surface area contributed by atoms with E-state index in [0.29, 0.717) is 6.04 Å². The van der Waals surface area contributed by atoms with Crippen LogP contribution in [0.25, 0.3) is 0 Å². The van der Waals surface area contributed by atoms with Gasteiger partial charge >= 0.3 is 0 Å². The molecule has 0 atom stereocenters. The van der Waals surface area contributed by atoms with Crippen molar-refractivity contribution in [3.05, 3.63) is 35.4 Å². The molecule has 110 valence electrons. The van der Waals surface area contributed by atoms with Crippen LogP contribution in [0.5, 0.6) is 0 Å². The third-order valence-corrected chi connectivity index (χ3v) is 4.40. The molecule has 0 saturated heterocycles. The van der Waals surface area contributed by atoms with E-state index in [2.05, 4.69) is 36.2 Å². The lowest BCUT2D eigenvalue weighted by molar-refractivity contribution is 0.164. The minimum absolute atomic E-state index is 0.158. The predicted octanol–water partition coefficient (Wildman–Crippen LogP) is 2.79. The fraction of sp³-hybridized carbons (Fsp3) is 0.562. The van der Waals surface area contributed by atoms with E-state index in [9.17, 15) is 0 Å². The molecule has 0 bridgehead atoms. The number of hydrogen-bond donors (Lipinski definition) is 2. The fourth-order valence-electron chi connectivity index (χ4n) is 2.94. The highest BCUT2D eigenvalue weighted by Crippen LogP contribution is 2.27. The molecule has 1 aliphatic carbocycles. The molecule has 0 aromatic heterocycles. The van der Waals surface area contributed by atoms with E-state index in [1.807, 2.05) is 12.1 Å². The molecule has 3 N–H and O–H groups in total. The van der Waals surface area contributed by atoms with E-state index < -0.39 is 0 Å². The largest absolute Gasteiger partial charge is 0.409 e. The third-order valence-electron chi connectivity index (χ3n) is 4.40. The van der Waals surface area contributed by atoms with Crippen molar-refractivity contribution in [2.45, 2.75) is 45.2 Å². The molecule has 2 rings (SSSR count). The molecule has 1 fully saturated rings. The molecule has 1 aromatic carbocycles. The number of hydrogen-bond acceptors (Lipinski definition) is 3. The van der Waals surface area contributed by atoms with E-state index in [-0.39, 0.29) is 5.84 Å². The van der Waals surface area contributed by atoms with Gasteiger partial charge in [-0.3, -0.25) is 4.90 Å². The summed E-state index contributed by atoms with van der Waals surface area (Å²) in [5.41, 5.74) is 7.58. The van der Waals surface area contributed by atoms with E-state index in [1.54, 1.807) is 0 Å². The Balaban J connectivity index is 1.92. The average molecular weight is 275 g/mol. The molecule has 1 aliphatic rings. The molecule has 4 nitrogen and oxygen atoms in total. The second kappa shape index (κ2) is 6.75. The molecule has 0 aliphatic heterocycles. The monoisotopic (exact) mass is 275 g/mol. The van der Waals surface area contributed by atoms with Gasteiger partial charge in [0.15, 0.2) is 5.84 Å². The maximum atomic E-state index is 8.65. The Morgan fingerprint density at radius 1 is 1.25 bits per heavy atom. The summed E-state index contributed by atoms with van der Waals surface area (Å²) in [6.45, 7) is 3.30. The quantitative estimate of drug-likeness (QED) is 0.384. The fourth-order valence-corrected chi connectivity index (χ4v) is 2.94. The molecular formula is C16H25N3O. The van der Waals surface area contributed by atoms with Gasteiger partial charge in [0.2, 0.25) is 0 Å². The predicted molar refractivity (Wildman–Crippen MR) is 81.8 cm³/mol. The topological polar surface area (TPSA) is 61.8 Å². The molecule has 0 amide bonds. The normalized spacial score (nSPS) is 24.1. The van der Waals surface area contributed by atoms with Crippen molar-refractivity contribution >= 4 is 5.84 Å². The highest BCUT2D eigenvalue weighted by atomic mass is 16.4. The number of nitrogens with zero attached hydrogens (tertiary/aromatic N) is 2. The van der Waals surface area contributed by atoms with Crippen LogP contribution in [0.4, 0.5) is 0 Å². The smallest absolute Gasteiger partial charge is 0.170 e.